The molecule has 0 spiro atoms. The van der Waals surface area contributed by atoms with Crippen molar-refractivity contribution in [1.82, 2.24) is 0 Å². The predicted molar refractivity (Wildman–Crippen MR) is 53.1 cm³/mol. The summed E-state index contributed by atoms with van der Waals surface area (Å²) >= 11 is 0. The zero-order valence-corrected chi connectivity index (χ0v) is 9.49. The van der Waals surface area contributed by atoms with Crippen LogP contribution in [0, 0.1) is 11.8 Å². The summed E-state index contributed by atoms with van der Waals surface area (Å²) in [5, 5.41) is 0. The number of carbonyl (C=O) groups is 1. The van der Waals surface area contributed by atoms with Crippen molar-refractivity contribution in [1.29, 1.82) is 0 Å². The molecule has 0 bridgehead atoms. The Labute approximate surface area is 89.2 Å². The molecule has 15 heavy (non-hydrogen) atoms. The van der Waals surface area contributed by atoms with Gasteiger partial charge in [0, 0.05) is 25.4 Å². The maximum absolute atomic E-state index is 11.7. The molecule has 0 amide bonds. The maximum atomic E-state index is 11.7. The fraction of sp³-hybridized carbons (Fsp3) is 0.727. The van der Waals surface area contributed by atoms with Gasteiger partial charge in [0.1, 0.15) is 5.76 Å². The van der Waals surface area contributed by atoms with Crippen molar-refractivity contribution in [2.75, 3.05) is 21.3 Å². The maximum Gasteiger partial charge on any atom is 0.189 e. The Hall–Kier alpha value is -1.03. The topological polar surface area (TPSA) is 44.8 Å². The van der Waals surface area contributed by atoms with Crippen molar-refractivity contribution in [2.45, 2.75) is 18.9 Å². The van der Waals surface area contributed by atoms with Crippen LogP contribution in [0.3, 0.4) is 0 Å². The summed E-state index contributed by atoms with van der Waals surface area (Å²) < 4.78 is 16.0. The summed E-state index contributed by atoms with van der Waals surface area (Å²) in [5.74, 6) is 1.74. The molecule has 1 fully saturated rings. The van der Waals surface area contributed by atoms with Crippen molar-refractivity contribution in [2.24, 2.45) is 11.8 Å². The van der Waals surface area contributed by atoms with Gasteiger partial charge >= 0.3 is 0 Å². The monoisotopic (exact) mass is 212 g/mol. The summed E-state index contributed by atoms with van der Waals surface area (Å²) in [6, 6.07) is 0. The van der Waals surface area contributed by atoms with Gasteiger partial charge in [-0.1, -0.05) is 6.92 Å². The Balaban J connectivity index is 2.49. The highest BCUT2D eigenvalue weighted by molar-refractivity contribution is 5.98. The first kappa shape index (κ1) is 10.5. The number of allylic oxidation sites excluding steroid dienone is 1. The van der Waals surface area contributed by atoms with Crippen LogP contribution in [-0.2, 0) is 19.0 Å². The minimum absolute atomic E-state index is 0.0887. The van der Waals surface area contributed by atoms with Crippen LogP contribution in [0.5, 0.6) is 0 Å². The van der Waals surface area contributed by atoms with Gasteiger partial charge in [-0.25, -0.2) is 0 Å². The number of rotatable bonds is 3. The molecule has 2 aliphatic carbocycles. The second-order valence-corrected chi connectivity index (χ2v) is 4.06. The summed E-state index contributed by atoms with van der Waals surface area (Å²) in [6.45, 7) is 2.04. The van der Waals surface area contributed by atoms with Gasteiger partial charge in [-0.15, -0.1) is 0 Å². The van der Waals surface area contributed by atoms with Crippen LogP contribution >= 0.6 is 0 Å². The van der Waals surface area contributed by atoms with E-state index in [0.29, 0.717) is 12.2 Å². The minimum Gasteiger partial charge on any atom is -0.497 e. The van der Waals surface area contributed by atoms with E-state index in [1.54, 1.807) is 21.3 Å². The number of ketones is 1. The van der Waals surface area contributed by atoms with Crippen molar-refractivity contribution in [3.63, 3.8) is 0 Å². The summed E-state index contributed by atoms with van der Waals surface area (Å²) in [7, 11) is 4.70. The van der Waals surface area contributed by atoms with E-state index >= 15 is 0 Å². The molecule has 0 aliphatic heterocycles. The van der Waals surface area contributed by atoms with E-state index in [2.05, 4.69) is 0 Å². The van der Waals surface area contributed by atoms with E-state index in [-0.39, 0.29) is 17.6 Å². The molecule has 0 N–H and O–H groups in total. The van der Waals surface area contributed by atoms with E-state index < -0.39 is 5.60 Å². The van der Waals surface area contributed by atoms with Gasteiger partial charge in [-0.05, 0) is 0 Å². The molecule has 0 radical (unpaired) electrons. The Bertz CT molecular complexity index is 333. The number of carbonyl (C=O) groups excluding carboxylic acids is 1. The van der Waals surface area contributed by atoms with Gasteiger partial charge in [0.05, 0.1) is 14.2 Å². The molecule has 2 rings (SSSR count). The molecule has 1 saturated carbocycles. The standard InChI is InChI=1S/C11H16O4/c1-6-7-5-8(12)11(7,15-4)10(14-3)9(6)13-2/h6-7H,5H2,1-4H3/t6-,7?,11-/m1/s1. The first-order valence-electron chi connectivity index (χ1n) is 5.04. The smallest absolute Gasteiger partial charge is 0.189 e. The second-order valence-electron chi connectivity index (χ2n) is 4.06. The van der Waals surface area contributed by atoms with Crippen LogP contribution in [0.25, 0.3) is 0 Å². The van der Waals surface area contributed by atoms with E-state index in [1.807, 2.05) is 6.92 Å². The van der Waals surface area contributed by atoms with Gasteiger partial charge < -0.3 is 14.2 Å². The molecule has 0 aromatic rings. The van der Waals surface area contributed by atoms with Gasteiger partial charge in [-0.2, -0.15) is 0 Å². The zero-order valence-electron chi connectivity index (χ0n) is 9.49. The summed E-state index contributed by atoms with van der Waals surface area (Å²) in [5.41, 5.74) is -0.862. The highest BCUT2D eigenvalue weighted by atomic mass is 16.6. The van der Waals surface area contributed by atoms with Gasteiger partial charge in [0.25, 0.3) is 0 Å². The van der Waals surface area contributed by atoms with Crippen molar-refractivity contribution < 1.29 is 19.0 Å². The van der Waals surface area contributed by atoms with E-state index in [0.717, 1.165) is 5.76 Å². The first-order valence-corrected chi connectivity index (χ1v) is 5.04. The number of ether oxygens (including phenoxy) is 3. The van der Waals surface area contributed by atoms with Crippen molar-refractivity contribution in [3.8, 4) is 0 Å². The number of methoxy groups -OCH3 is 3. The lowest BCUT2D eigenvalue weighted by atomic mass is 9.66. The first-order chi connectivity index (χ1) is 7.13. The third-order valence-corrected chi connectivity index (χ3v) is 3.67. The van der Waals surface area contributed by atoms with Gasteiger partial charge in [0.15, 0.2) is 17.1 Å². The van der Waals surface area contributed by atoms with Gasteiger partial charge in [-0.3, -0.25) is 4.79 Å². The lowest BCUT2D eigenvalue weighted by Crippen LogP contribution is -2.58. The summed E-state index contributed by atoms with van der Waals surface area (Å²) in [4.78, 5) is 11.7. The van der Waals surface area contributed by atoms with Crippen molar-refractivity contribution >= 4 is 5.78 Å². The van der Waals surface area contributed by atoms with E-state index in [1.165, 1.54) is 0 Å². The number of fused-ring (bicyclic) bond motifs is 1. The Morgan fingerprint density at radius 1 is 1.27 bits per heavy atom. The van der Waals surface area contributed by atoms with Gasteiger partial charge in [0.2, 0.25) is 0 Å². The molecule has 0 aromatic heterocycles. The van der Waals surface area contributed by atoms with Crippen LogP contribution in [0.4, 0.5) is 0 Å². The second kappa shape index (κ2) is 3.23. The Morgan fingerprint density at radius 3 is 2.33 bits per heavy atom. The molecule has 0 heterocycles. The Morgan fingerprint density at radius 2 is 1.93 bits per heavy atom. The van der Waals surface area contributed by atoms with Crippen LogP contribution in [0.15, 0.2) is 11.5 Å². The van der Waals surface area contributed by atoms with Crippen LogP contribution in [0.1, 0.15) is 13.3 Å². The minimum atomic E-state index is -0.862. The average Bonchev–Trinajstić information content (AvgIpc) is 2.43. The van der Waals surface area contributed by atoms with Crippen LogP contribution in [0.2, 0.25) is 0 Å². The number of Topliss-reactive ketones (excluding diaryl/α,β-unsaturated/α-hetero) is 1. The lowest BCUT2D eigenvalue weighted by molar-refractivity contribution is -0.167. The largest absolute Gasteiger partial charge is 0.497 e. The molecular formula is C11H16O4. The lowest BCUT2D eigenvalue weighted by Gasteiger charge is -2.43. The average molecular weight is 212 g/mol. The fourth-order valence-corrected chi connectivity index (χ4v) is 2.86. The number of hydrogen-bond donors (Lipinski definition) is 0. The molecule has 4 heteroatoms. The third kappa shape index (κ3) is 0.977. The molecule has 3 atom stereocenters. The molecule has 0 saturated heterocycles. The van der Waals surface area contributed by atoms with Crippen LogP contribution in [-0.4, -0.2) is 32.7 Å². The Kier molecular flexibility index (Phi) is 2.26. The quantitative estimate of drug-likeness (QED) is 0.703. The molecule has 4 nitrogen and oxygen atoms in total. The van der Waals surface area contributed by atoms with Crippen molar-refractivity contribution in [3.05, 3.63) is 11.5 Å². The summed E-state index contributed by atoms with van der Waals surface area (Å²) in [6.07, 6.45) is 0.550. The zero-order chi connectivity index (χ0) is 11.2. The fourth-order valence-electron chi connectivity index (χ4n) is 2.86. The van der Waals surface area contributed by atoms with Crippen LogP contribution < -0.4 is 0 Å². The molecular weight excluding hydrogens is 196 g/mol. The predicted octanol–water partition coefficient (Wildman–Crippen LogP) is 1.11. The van der Waals surface area contributed by atoms with E-state index in [4.69, 9.17) is 14.2 Å². The molecule has 84 valence electrons. The highest BCUT2D eigenvalue weighted by Crippen LogP contribution is 2.56. The molecule has 2 aliphatic rings. The SMILES string of the molecule is COC1=C(OC)[C@]2(OC)C(=O)CC2[C@H]1C. The third-order valence-electron chi connectivity index (χ3n) is 3.67. The molecule has 0 aromatic carbocycles. The normalized spacial score (nSPS) is 38.8. The molecule has 1 unspecified atom stereocenters. The highest BCUT2D eigenvalue weighted by Gasteiger charge is 2.67. The number of hydrogen-bond acceptors (Lipinski definition) is 4. The van der Waals surface area contributed by atoms with E-state index in [9.17, 15) is 4.79 Å².